The number of nitrogens with zero attached hydrogens (tertiary/aromatic N) is 1. The quantitative estimate of drug-likeness (QED) is 0.594. The smallest absolute Gasteiger partial charge is 0.322 e. The molecule has 1 aliphatic rings. The monoisotopic (exact) mass is 445 g/mol. The summed E-state index contributed by atoms with van der Waals surface area (Å²) in [7, 11) is 3.18. The fraction of sp³-hybridized carbons (Fsp3) is 0.231. The minimum absolute atomic E-state index is 0.188. The van der Waals surface area contributed by atoms with Crippen molar-refractivity contribution < 1.29 is 19.1 Å². The summed E-state index contributed by atoms with van der Waals surface area (Å²) in [6, 6.07) is 21.6. The van der Waals surface area contributed by atoms with Crippen LogP contribution in [0.15, 0.2) is 72.8 Å². The molecule has 0 fully saturated rings. The van der Waals surface area contributed by atoms with Crippen LogP contribution < -0.4 is 20.1 Å². The molecule has 0 saturated carbocycles. The van der Waals surface area contributed by atoms with E-state index in [1.165, 1.54) is 0 Å². The van der Waals surface area contributed by atoms with E-state index in [2.05, 4.69) is 10.6 Å². The zero-order valence-corrected chi connectivity index (χ0v) is 18.7. The zero-order valence-electron chi connectivity index (χ0n) is 18.7. The van der Waals surface area contributed by atoms with E-state index >= 15 is 0 Å². The first-order valence-electron chi connectivity index (χ1n) is 10.8. The fourth-order valence-electron chi connectivity index (χ4n) is 4.09. The van der Waals surface area contributed by atoms with Gasteiger partial charge in [-0.1, -0.05) is 36.4 Å². The average Bonchev–Trinajstić information content (AvgIpc) is 2.87. The molecule has 3 amide bonds. The van der Waals surface area contributed by atoms with Crippen LogP contribution in [0.2, 0.25) is 0 Å². The highest BCUT2D eigenvalue weighted by Gasteiger charge is 2.32. The van der Waals surface area contributed by atoms with E-state index in [9.17, 15) is 9.59 Å². The van der Waals surface area contributed by atoms with Crippen molar-refractivity contribution >= 4 is 17.6 Å². The molecule has 0 bridgehead atoms. The SMILES string of the molecule is COc1cc2c(cc1OC)[C@@H](CNC(=O)c1ccccc1)N(C(=O)Nc1ccccc1)CC2. The first-order chi connectivity index (χ1) is 16.1. The lowest BCUT2D eigenvalue weighted by molar-refractivity contribution is 0.0936. The maximum atomic E-state index is 13.2. The number of hydrogen-bond donors (Lipinski definition) is 2. The number of nitrogens with one attached hydrogen (secondary N) is 2. The van der Waals surface area contributed by atoms with E-state index in [1.807, 2.05) is 60.7 Å². The molecule has 0 saturated heterocycles. The predicted octanol–water partition coefficient (Wildman–Crippen LogP) is 4.27. The number of urea groups is 1. The van der Waals surface area contributed by atoms with Gasteiger partial charge in [0.15, 0.2) is 11.5 Å². The van der Waals surface area contributed by atoms with Gasteiger partial charge in [0.05, 0.1) is 20.3 Å². The lowest BCUT2D eigenvalue weighted by Gasteiger charge is -2.38. The standard InChI is InChI=1S/C26H27N3O4/c1-32-23-15-19-13-14-29(26(31)28-20-11-7-4-8-12-20)22(21(19)16-24(23)33-2)17-27-25(30)18-9-5-3-6-10-18/h3-12,15-16,22H,13-14,17H2,1-2H3,(H,27,30)(H,28,31)/t22-/m1/s1. The van der Waals surface area contributed by atoms with Gasteiger partial charge in [0.25, 0.3) is 5.91 Å². The van der Waals surface area contributed by atoms with Crippen LogP contribution in [0.5, 0.6) is 11.5 Å². The van der Waals surface area contributed by atoms with Crippen molar-refractivity contribution in [2.75, 3.05) is 32.6 Å². The average molecular weight is 446 g/mol. The van der Waals surface area contributed by atoms with Crippen molar-refractivity contribution in [1.82, 2.24) is 10.2 Å². The van der Waals surface area contributed by atoms with Gasteiger partial charge < -0.3 is 25.0 Å². The molecular formula is C26H27N3O4. The zero-order chi connectivity index (χ0) is 23.2. The first-order valence-corrected chi connectivity index (χ1v) is 10.8. The Morgan fingerprint density at radius 1 is 0.939 bits per heavy atom. The van der Waals surface area contributed by atoms with Crippen LogP contribution in [-0.4, -0.2) is 44.1 Å². The van der Waals surface area contributed by atoms with Crippen molar-refractivity contribution in [3.8, 4) is 11.5 Å². The van der Waals surface area contributed by atoms with Crippen LogP contribution in [0.25, 0.3) is 0 Å². The molecule has 1 atom stereocenters. The number of anilines is 1. The first kappa shape index (κ1) is 22.2. The number of ether oxygens (including phenoxy) is 2. The molecule has 170 valence electrons. The van der Waals surface area contributed by atoms with Crippen molar-refractivity contribution in [2.24, 2.45) is 0 Å². The normalized spacial score (nSPS) is 14.7. The van der Waals surface area contributed by atoms with Crippen molar-refractivity contribution in [2.45, 2.75) is 12.5 Å². The highest BCUT2D eigenvalue weighted by molar-refractivity contribution is 5.94. The maximum absolute atomic E-state index is 13.2. The van der Waals surface area contributed by atoms with Gasteiger partial charge in [-0.3, -0.25) is 4.79 Å². The number of fused-ring (bicyclic) bond motifs is 1. The van der Waals surface area contributed by atoms with Gasteiger partial charge in [-0.2, -0.15) is 0 Å². The Labute approximate surface area is 193 Å². The number of carbonyl (C=O) groups excluding carboxylic acids is 2. The summed E-state index contributed by atoms with van der Waals surface area (Å²) >= 11 is 0. The third kappa shape index (κ3) is 4.92. The second-order valence-electron chi connectivity index (χ2n) is 7.74. The Kier molecular flexibility index (Phi) is 6.78. The molecule has 1 heterocycles. The number of hydrogen-bond acceptors (Lipinski definition) is 4. The highest BCUT2D eigenvalue weighted by Crippen LogP contribution is 2.38. The van der Waals surface area contributed by atoms with Gasteiger partial charge in [-0.05, 0) is 53.9 Å². The second kappa shape index (κ2) is 10.1. The second-order valence-corrected chi connectivity index (χ2v) is 7.74. The molecule has 3 aromatic carbocycles. The van der Waals surface area contributed by atoms with Crippen LogP contribution in [0.4, 0.5) is 10.5 Å². The summed E-state index contributed by atoms with van der Waals surface area (Å²) in [5.74, 6) is 1.04. The minimum Gasteiger partial charge on any atom is -0.493 e. The lowest BCUT2D eigenvalue weighted by atomic mass is 9.91. The molecule has 7 nitrogen and oxygen atoms in total. The molecule has 0 aromatic heterocycles. The molecule has 0 aliphatic carbocycles. The van der Waals surface area contributed by atoms with E-state index in [0.717, 1.165) is 11.1 Å². The maximum Gasteiger partial charge on any atom is 0.322 e. The van der Waals surface area contributed by atoms with E-state index in [0.29, 0.717) is 35.7 Å². The summed E-state index contributed by atoms with van der Waals surface area (Å²) in [4.78, 5) is 27.7. The van der Waals surface area contributed by atoms with Gasteiger partial charge in [0, 0.05) is 24.3 Å². The fourth-order valence-corrected chi connectivity index (χ4v) is 4.09. The number of rotatable bonds is 6. The van der Waals surface area contributed by atoms with Crippen molar-refractivity contribution in [1.29, 1.82) is 0 Å². The van der Waals surface area contributed by atoms with E-state index in [1.54, 1.807) is 31.3 Å². The summed E-state index contributed by atoms with van der Waals surface area (Å²) in [6.07, 6.45) is 0.668. The Hall–Kier alpha value is -4.00. The molecule has 4 rings (SSSR count). The number of benzene rings is 3. The summed E-state index contributed by atoms with van der Waals surface area (Å²) in [5, 5.41) is 5.95. The molecule has 2 N–H and O–H groups in total. The van der Waals surface area contributed by atoms with Gasteiger partial charge in [0.1, 0.15) is 0 Å². The topological polar surface area (TPSA) is 79.9 Å². The molecule has 3 aromatic rings. The summed E-state index contributed by atoms with van der Waals surface area (Å²) in [5.41, 5.74) is 3.28. The Morgan fingerprint density at radius 3 is 2.24 bits per heavy atom. The number of amides is 3. The van der Waals surface area contributed by atoms with Crippen LogP contribution in [0.1, 0.15) is 27.5 Å². The molecule has 0 radical (unpaired) electrons. The number of methoxy groups -OCH3 is 2. The molecule has 7 heteroatoms. The van der Waals surface area contributed by atoms with E-state index in [4.69, 9.17) is 9.47 Å². The molecule has 1 aliphatic heterocycles. The van der Waals surface area contributed by atoms with Gasteiger partial charge in [-0.25, -0.2) is 4.79 Å². The third-order valence-electron chi connectivity index (χ3n) is 5.78. The van der Waals surface area contributed by atoms with E-state index in [-0.39, 0.29) is 24.5 Å². The Morgan fingerprint density at radius 2 is 1.58 bits per heavy atom. The number of para-hydroxylation sites is 1. The van der Waals surface area contributed by atoms with Crippen LogP contribution >= 0.6 is 0 Å². The summed E-state index contributed by atoms with van der Waals surface area (Å²) in [6.45, 7) is 0.769. The van der Waals surface area contributed by atoms with Gasteiger partial charge in [-0.15, -0.1) is 0 Å². The van der Waals surface area contributed by atoms with Gasteiger partial charge >= 0.3 is 6.03 Å². The van der Waals surface area contributed by atoms with E-state index < -0.39 is 0 Å². The van der Waals surface area contributed by atoms with Crippen LogP contribution in [0, 0.1) is 0 Å². The predicted molar refractivity (Wildman–Crippen MR) is 127 cm³/mol. The van der Waals surface area contributed by atoms with Crippen molar-refractivity contribution in [3.05, 3.63) is 89.5 Å². The minimum atomic E-state index is -0.370. The molecule has 0 unspecified atom stereocenters. The highest BCUT2D eigenvalue weighted by atomic mass is 16.5. The lowest BCUT2D eigenvalue weighted by Crippen LogP contribution is -2.46. The molecule has 0 spiro atoms. The van der Waals surface area contributed by atoms with Crippen LogP contribution in [-0.2, 0) is 6.42 Å². The number of carbonyl (C=O) groups is 2. The molecular weight excluding hydrogens is 418 g/mol. The third-order valence-corrected chi connectivity index (χ3v) is 5.78. The largest absolute Gasteiger partial charge is 0.493 e. The molecule has 33 heavy (non-hydrogen) atoms. The summed E-state index contributed by atoms with van der Waals surface area (Å²) < 4.78 is 11.0. The van der Waals surface area contributed by atoms with Gasteiger partial charge in [0.2, 0.25) is 0 Å². The Bertz CT molecular complexity index is 1120. The van der Waals surface area contributed by atoms with Crippen LogP contribution in [0.3, 0.4) is 0 Å². The Balaban J connectivity index is 1.63. The van der Waals surface area contributed by atoms with Crippen molar-refractivity contribution in [3.63, 3.8) is 0 Å².